The number of fused-ring (bicyclic) bond motifs is 2. The number of halogens is 1. The van der Waals surface area contributed by atoms with Gasteiger partial charge in [-0.2, -0.15) is 0 Å². The minimum Gasteiger partial charge on any atom is -0.464 e. The van der Waals surface area contributed by atoms with Gasteiger partial charge in [-0.1, -0.05) is 25.4 Å². The summed E-state index contributed by atoms with van der Waals surface area (Å²) in [4.78, 5) is 15.1. The van der Waals surface area contributed by atoms with Crippen LogP contribution in [0.1, 0.15) is 31.4 Å². The second kappa shape index (κ2) is 7.46. The normalized spacial score (nSPS) is 25.9. The van der Waals surface area contributed by atoms with E-state index in [2.05, 4.69) is 24.1 Å². The number of nitrogens with zero attached hydrogens (tertiary/aromatic N) is 1. The Morgan fingerprint density at radius 1 is 1.37 bits per heavy atom. The van der Waals surface area contributed by atoms with E-state index in [1.54, 1.807) is 6.26 Å². The minimum absolute atomic E-state index is 0.0283. The van der Waals surface area contributed by atoms with Crippen molar-refractivity contribution in [3.05, 3.63) is 34.5 Å². The molecule has 1 amide bonds. The first-order chi connectivity index (χ1) is 12.9. The summed E-state index contributed by atoms with van der Waals surface area (Å²) >= 11 is 6.23. The zero-order chi connectivity index (χ0) is 19.1. The number of ether oxygens (including phenoxy) is 1. The number of carbonyl (C=O) groups excluding carboxylic acids is 1. The van der Waals surface area contributed by atoms with Gasteiger partial charge in [0, 0.05) is 41.1 Å². The van der Waals surface area contributed by atoms with Crippen LogP contribution in [0.5, 0.6) is 0 Å². The molecule has 1 N–H and O–H groups in total. The average molecular weight is 391 g/mol. The lowest BCUT2D eigenvalue weighted by atomic mass is 10.0. The topological polar surface area (TPSA) is 54.7 Å². The van der Waals surface area contributed by atoms with Crippen LogP contribution in [0.15, 0.2) is 22.8 Å². The van der Waals surface area contributed by atoms with E-state index in [-0.39, 0.29) is 11.9 Å². The fraction of sp³-hybridized carbons (Fsp3) is 0.571. The highest BCUT2D eigenvalue weighted by molar-refractivity contribution is 6.32. The van der Waals surface area contributed by atoms with Crippen molar-refractivity contribution in [3.63, 3.8) is 0 Å². The Labute approximate surface area is 165 Å². The Hall–Kier alpha value is -1.56. The highest BCUT2D eigenvalue weighted by atomic mass is 35.5. The maximum atomic E-state index is 12.6. The molecule has 1 aromatic carbocycles. The molecule has 0 aliphatic carbocycles. The number of amides is 1. The van der Waals surface area contributed by atoms with Gasteiger partial charge in [-0.05, 0) is 37.0 Å². The summed E-state index contributed by atoms with van der Waals surface area (Å²) in [6.45, 7) is 8.96. The zero-order valence-corrected chi connectivity index (χ0v) is 16.9. The molecule has 0 bridgehead atoms. The van der Waals surface area contributed by atoms with Crippen molar-refractivity contribution < 1.29 is 13.9 Å². The largest absolute Gasteiger partial charge is 0.464 e. The van der Waals surface area contributed by atoms with Crippen LogP contribution in [0, 0.1) is 12.8 Å². The summed E-state index contributed by atoms with van der Waals surface area (Å²) in [6, 6.07) is 4.40. The van der Waals surface area contributed by atoms with E-state index in [1.807, 2.05) is 19.1 Å². The van der Waals surface area contributed by atoms with Gasteiger partial charge in [0.2, 0.25) is 5.91 Å². The number of benzene rings is 1. The fourth-order valence-electron chi connectivity index (χ4n) is 4.20. The van der Waals surface area contributed by atoms with E-state index in [1.165, 1.54) is 0 Å². The van der Waals surface area contributed by atoms with Crippen molar-refractivity contribution in [2.75, 3.05) is 19.7 Å². The number of nitrogens with one attached hydrogen (secondary N) is 1. The molecule has 2 saturated heterocycles. The highest BCUT2D eigenvalue weighted by Crippen LogP contribution is 2.29. The Kier molecular flexibility index (Phi) is 5.19. The molecule has 146 valence electrons. The monoisotopic (exact) mass is 390 g/mol. The van der Waals surface area contributed by atoms with E-state index in [0.29, 0.717) is 29.5 Å². The third kappa shape index (κ3) is 3.86. The molecule has 0 saturated carbocycles. The lowest BCUT2D eigenvalue weighted by Crippen LogP contribution is -2.48. The predicted molar refractivity (Wildman–Crippen MR) is 106 cm³/mol. The van der Waals surface area contributed by atoms with Gasteiger partial charge in [0.1, 0.15) is 5.58 Å². The molecule has 27 heavy (non-hydrogen) atoms. The van der Waals surface area contributed by atoms with Crippen LogP contribution in [-0.4, -0.2) is 48.7 Å². The lowest BCUT2D eigenvalue weighted by molar-refractivity contribution is -0.121. The molecule has 0 radical (unpaired) electrons. The number of carbonyl (C=O) groups is 1. The SMILES string of the molecule is Cc1cc2occ(CC(=O)N[C@@H]3C[C@H]4CO[C@@H](C(C)C)CN4C3)c2cc1Cl. The van der Waals surface area contributed by atoms with Gasteiger partial charge in [-0.3, -0.25) is 9.69 Å². The molecule has 2 aliphatic rings. The molecule has 1 aromatic heterocycles. The summed E-state index contributed by atoms with van der Waals surface area (Å²) in [7, 11) is 0. The van der Waals surface area contributed by atoms with Crippen LogP contribution >= 0.6 is 11.6 Å². The maximum absolute atomic E-state index is 12.6. The van der Waals surface area contributed by atoms with Crippen LogP contribution in [0.25, 0.3) is 11.0 Å². The Morgan fingerprint density at radius 2 is 2.19 bits per heavy atom. The first kappa shape index (κ1) is 18.8. The molecule has 2 aromatic rings. The summed E-state index contributed by atoms with van der Waals surface area (Å²) in [5.41, 5.74) is 2.62. The molecular weight excluding hydrogens is 364 g/mol. The van der Waals surface area contributed by atoms with E-state index in [0.717, 1.165) is 48.2 Å². The molecule has 4 rings (SSSR count). The number of morpholine rings is 1. The third-order valence-corrected chi connectivity index (χ3v) is 6.25. The number of hydrogen-bond acceptors (Lipinski definition) is 4. The van der Waals surface area contributed by atoms with Crippen LogP contribution < -0.4 is 5.32 Å². The summed E-state index contributed by atoms with van der Waals surface area (Å²) < 4.78 is 11.6. The molecular formula is C21H27ClN2O3. The minimum atomic E-state index is 0.0283. The predicted octanol–water partition coefficient (Wildman–Crippen LogP) is 3.55. The Balaban J connectivity index is 1.37. The summed E-state index contributed by atoms with van der Waals surface area (Å²) in [6.07, 6.45) is 3.21. The number of furan rings is 1. The average Bonchev–Trinajstić information content (AvgIpc) is 3.18. The standard InChI is InChI=1S/C21H27ClN2O3/c1-12(2)20-9-24-8-15(6-16(24)11-27-20)23-21(25)5-14-10-26-19-4-13(3)18(22)7-17(14)19/h4,7,10,12,15-16,20H,5-6,8-9,11H2,1-3H3,(H,23,25)/t15-,16+,20-/m1/s1. The zero-order valence-electron chi connectivity index (χ0n) is 16.1. The van der Waals surface area contributed by atoms with Gasteiger partial charge in [0.05, 0.1) is 25.4 Å². The Bertz CT molecular complexity index is 847. The van der Waals surface area contributed by atoms with Crippen molar-refractivity contribution >= 4 is 28.5 Å². The van der Waals surface area contributed by atoms with Crippen molar-refractivity contribution in [3.8, 4) is 0 Å². The van der Waals surface area contributed by atoms with Gasteiger partial charge in [0.25, 0.3) is 0 Å². The second-order valence-corrected chi connectivity index (χ2v) is 8.67. The van der Waals surface area contributed by atoms with Crippen LogP contribution in [0.3, 0.4) is 0 Å². The van der Waals surface area contributed by atoms with Gasteiger partial charge >= 0.3 is 0 Å². The highest BCUT2D eigenvalue weighted by Gasteiger charge is 2.38. The third-order valence-electron chi connectivity index (χ3n) is 5.84. The van der Waals surface area contributed by atoms with Gasteiger partial charge < -0.3 is 14.5 Å². The van der Waals surface area contributed by atoms with E-state index >= 15 is 0 Å². The molecule has 3 heterocycles. The lowest BCUT2D eigenvalue weighted by Gasteiger charge is -2.36. The molecule has 0 unspecified atom stereocenters. The smallest absolute Gasteiger partial charge is 0.224 e. The second-order valence-electron chi connectivity index (χ2n) is 8.26. The molecule has 2 aliphatic heterocycles. The van der Waals surface area contributed by atoms with Crippen molar-refractivity contribution in [1.29, 1.82) is 0 Å². The van der Waals surface area contributed by atoms with Crippen LogP contribution in [-0.2, 0) is 16.0 Å². The van der Waals surface area contributed by atoms with E-state index in [9.17, 15) is 4.79 Å². The van der Waals surface area contributed by atoms with Gasteiger partial charge in [-0.15, -0.1) is 0 Å². The fourth-order valence-corrected chi connectivity index (χ4v) is 4.36. The first-order valence-electron chi connectivity index (χ1n) is 9.72. The Morgan fingerprint density at radius 3 is 2.96 bits per heavy atom. The van der Waals surface area contributed by atoms with Crippen molar-refractivity contribution in [1.82, 2.24) is 10.2 Å². The van der Waals surface area contributed by atoms with Gasteiger partial charge in [0.15, 0.2) is 0 Å². The van der Waals surface area contributed by atoms with Crippen molar-refractivity contribution in [2.45, 2.75) is 51.8 Å². The molecule has 6 heteroatoms. The van der Waals surface area contributed by atoms with Gasteiger partial charge in [-0.25, -0.2) is 0 Å². The number of hydrogen-bond donors (Lipinski definition) is 1. The number of aryl methyl sites for hydroxylation is 1. The van der Waals surface area contributed by atoms with E-state index < -0.39 is 0 Å². The summed E-state index contributed by atoms with van der Waals surface area (Å²) in [5.74, 6) is 0.546. The number of rotatable bonds is 4. The first-order valence-corrected chi connectivity index (χ1v) is 10.1. The maximum Gasteiger partial charge on any atom is 0.224 e. The quantitative estimate of drug-likeness (QED) is 0.867. The molecule has 2 fully saturated rings. The van der Waals surface area contributed by atoms with Crippen LogP contribution in [0.4, 0.5) is 0 Å². The van der Waals surface area contributed by atoms with Crippen LogP contribution in [0.2, 0.25) is 5.02 Å². The van der Waals surface area contributed by atoms with E-state index in [4.69, 9.17) is 20.8 Å². The summed E-state index contributed by atoms with van der Waals surface area (Å²) in [5, 5.41) is 4.80. The molecule has 3 atom stereocenters. The molecule has 5 nitrogen and oxygen atoms in total. The van der Waals surface area contributed by atoms with Crippen molar-refractivity contribution in [2.24, 2.45) is 5.92 Å². The molecule has 0 spiro atoms.